The van der Waals surface area contributed by atoms with Crippen LogP contribution in [0.3, 0.4) is 0 Å². The van der Waals surface area contributed by atoms with Crippen molar-refractivity contribution in [2.75, 3.05) is 67.4 Å². The molecule has 1 aliphatic rings. The van der Waals surface area contributed by atoms with Gasteiger partial charge in [0.25, 0.3) is 0 Å². The molecule has 0 aromatic heterocycles. The van der Waals surface area contributed by atoms with Crippen molar-refractivity contribution in [2.45, 2.75) is 225 Å². The Balaban J connectivity index is 1.66. The number of urea groups is 1. The molecule has 11 N–H and O–H groups in total. The van der Waals surface area contributed by atoms with Crippen molar-refractivity contribution in [3.8, 4) is 0 Å². The molecule has 1 unspecified atom stereocenters. The number of aliphatic hydroxyl groups is 1. The topological polar surface area (TPSA) is 377 Å². The Morgan fingerprint density at radius 1 is 0.693 bits per heavy atom. The molecule has 0 aliphatic carbocycles. The summed E-state index contributed by atoms with van der Waals surface area (Å²) in [5.41, 5.74) is 6.79. The number of hydrogen-bond donors (Lipinski definition) is 10. The summed E-state index contributed by atoms with van der Waals surface area (Å²) >= 11 is 1.31. The van der Waals surface area contributed by atoms with Crippen LogP contribution in [0.1, 0.15) is 164 Å². The second-order valence-electron chi connectivity index (χ2n) is 27.2. The zero-order valence-corrected chi connectivity index (χ0v) is 63.3. The normalized spacial score (nSPS) is 16.8. The van der Waals surface area contributed by atoms with Crippen molar-refractivity contribution in [3.63, 3.8) is 0 Å². The Hall–Kier alpha value is -7.60. The van der Waals surface area contributed by atoms with Crippen LogP contribution in [0.5, 0.6) is 0 Å². The van der Waals surface area contributed by atoms with Crippen LogP contribution >= 0.6 is 11.8 Å². The number of thioether (sulfide) groups is 1. The predicted octanol–water partition coefficient (Wildman–Crippen LogP) is 5.50. The number of ether oxygens (including phenoxy) is 4. The molecule has 568 valence electrons. The molecule has 0 saturated carbocycles. The summed E-state index contributed by atoms with van der Waals surface area (Å²) in [6.45, 7) is 20.6. The minimum atomic E-state index is -1.12. The van der Waals surface area contributed by atoms with Gasteiger partial charge in [0.05, 0.1) is 72.9 Å². The molecular formula is C72H118N12O16S. The molecule has 101 heavy (non-hydrogen) atoms. The van der Waals surface area contributed by atoms with Crippen LogP contribution in [0.15, 0.2) is 54.6 Å². The maximum Gasteiger partial charge on any atom is 0.410 e. The van der Waals surface area contributed by atoms with Gasteiger partial charge < -0.3 is 82.1 Å². The van der Waals surface area contributed by atoms with Gasteiger partial charge in [-0.25, -0.2) is 9.59 Å². The number of carbonyl (C=O) groups excluding carboxylic acids is 11. The molecule has 1 fully saturated rings. The highest BCUT2D eigenvalue weighted by atomic mass is 32.2. The van der Waals surface area contributed by atoms with Gasteiger partial charge in [-0.15, -0.1) is 11.8 Å². The number of likely N-dealkylation sites (tertiary alicyclic amines) is 1. The molecule has 1 aliphatic heterocycles. The van der Waals surface area contributed by atoms with E-state index < -0.39 is 125 Å². The van der Waals surface area contributed by atoms with Gasteiger partial charge in [-0.1, -0.05) is 118 Å². The van der Waals surface area contributed by atoms with Crippen molar-refractivity contribution in [1.82, 2.24) is 51.9 Å². The number of unbranched alkanes of at least 4 members (excludes halogenated alkanes) is 2. The predicted molar refractivity (Wildman–Crippen MR) is 387 cm³/mol. The Morgan fingerprint density at radius 3 is 1.91 bits per heavy atom. The molecule has 1 heterocycles. The lowest BCUT2D eigenvalue weighted by molar-refractivity contribution is -0.148. The number of rotatable bonds is 44. The van der Waals surface area contributed by atoms with E-state index in [0.29, 0.717) is 68.4 Å². The molecule has 11 amide bonds. The maximum atomic E-state index is 14.8. The largest absolute Gasteiger partial charge is 0.469 e. The number of primary amides is 1. The molecule has 14 atom stereocenters. The van der Waals surface area contributed by atoms with Crippen LogP contribution in [0, 0.1) is 29.6 Å². The van der Waals surface area contributed by atoms with Gasteiger partial charge in [-0.05, 0) is 106 Å². The van der Waals surface area contributed by atoms with Gasteiger partial charge in [0, 0.05) is 60.1 Å². The first-order valence-corrected chi connectivity index (χ1v) is 36.3. The van der Waals surface area contributed by atoms with Gasteiger partial charge in [-0.2, -0.15) is 0 Å². The SMILES string of the molecule is CC[C@H](C)[C@@H]([C@@H](CC(=O)N1CCC[C@H]1[C@H](OC)[C@@H](C)C(=O)N[C@H](C)[C@@H](O)c1ccccc1)OC)N(C)C(=O)[C@@H](NC(=O)[C@H](C(C)C)N(C)C(=O)OCc1ccc(NC(=O)[C@H](CCCNC(N)=O)NC(=O)[C@@H](NC(=O)CCCCCNC(=O)C(CC(=O)OC)S[C@@H](C)NC)C(C)C)cc1)C(C)C. The van der Waals surface area contributed by atoms with Crippen LogP contribution in [-0.4, -0.2) is 212 Å². The number of nitrogens with two attached hydrogens (primary N) is 1. The van der Waals surface area contributed by atoms with Gasteiger partial charge in [0.1, 0.15) is 30.8 Å². The van der Waals surface area contributed by atoms with Crippen molar-refractivity contribution >= 4 is 82.8 Å². The third-order valence-corrected chi connectivity index (χ3v) is 19.9. The minimum absolute atomic E-state index is 0.0798. The van der Waals surface area contributed by atoms with E-state index in [-0.39, 0.29) is 86.1 Å². The Labute approximate surface area is 602 Å². The van der Waals surface area contributed by atoms with E-state index >= 15 is 0 Å². The number of esters is 1. The molecule has 2 aromatic rings. The number of amides is 11. The van der Waals surface area contributed by atoms with Gasteiger partial charge in [-0.3, -0.25) is 48.1 Å². The average Bonchev–Trinajstić information content (AvgIpc) is 1.79. The molecule has 3 rings (SSSR count). The van der Waals surface area contributed by atoms with Crippen LogP contribution in [0.25, 0.3) is 0 Å². The third-order valence-electron chi connectivity index (χ3n) is 18.6. The Morgan fingerprint density at radius 2 is 1.34 bits per heavy atom. The summed E-state index contributed by atoms with van der Waals surface area (Å²) in [5.74, 6) is -6.08. The van der Waals surface area contributed by atoms with Crippen LogP contribution < -0.4 is 48.3 Å². The van der Waals surface area contributed by atoms with E-state index in [0.717, 1.165) is 0 Å². The van der Waals surface area contributed by atoms with Crippen molar-refractivity contribution in [1.29, 1.82) is 0 Å². The first kappa shape index (κ1) is 87.6. The number of benzene rings is 2. The molecule has 2 aromatic carbocycles. The highest BCUT2D eigenvalue weighted by Gasteiger charge is 2.44. The summed E-state index contributed by atoms with van der Waals surface area (Å²) in [6.07, 6.45) is 0.524. The fraction of sp³-hybridized carbons (Fsp3) is 0.681. The molecule has 1 saturated heterocycles. The number of likely N-dealkylation sites (N-methyl/N-ethyl adjacent to an activating group) is 2. The number of methoxy groups -OCH3 is 3. The highest BCUT2D eigenvalue weighted by Crippen LogP contribution is 2.31. The monoisotopic (exact) mass is 1440 g/mol. The second kappa shape index (κ2) is 44.7. The van der Waals surface area contributed by atoms with Gasteiger partial charge in [0.15, 0.2) is 0 Å². The second-order valence-corrected chi connectivity index (χ2v) is 28.8. The number of hydrogen-bond acceptors (Lipinski definition) is 18. The lowest BCUT2D eigenvalue weighted by atomic mass is 9.89. The summed E-state index contributed by atoms with van der Waals surface area (Å²) < 4.78 is 22.5. The van der Waals surface area contributed by atoms with Crippen molar-refractivity contribution < 1.29 is 76.8 Å². The first-order valence-electron chi connectivity index (χ1n) is 35.3. The average molecular weight is 1440 g/mol. The van der Waals surface area contributed by atoms with Crippen molar-refractivity contribution in [2.24, 2.45) is 35.3 Å². The van der Waals surface area contributed by atoms with E-state index in [4.69, 9.17) is 24.7 Å². The molecule has 28 nitrogen and oxygen atoms in total. The van der Waals surface area contributed by atoms with E-state index in [9.17, 15) is 57.8 Å². The Bertz CT molecular complexity index is 2970. The van der Waals surface area contributed by atoms with Crippen LogP contribution in [0.2, 0.25) is 0 Å². The van der Waals surface area contributed by atoms with Crippen LogP contribution in [0.4, 0.5) is 15.3 Å². The number of nitrogens with one attached hydrogen (secondary N) is 8. The standard InChI is InChI=1S/C72H118N12O16S/c1-18-45(8)62(54(97-15)39-57(86)84-38-26-30-53(84)64(99-17)46(9)65(89)77-47(10)63(88)50-27-21-19-22-28-50)82(13)70(94)60(43(4)5)81-69(93)61(44(6)7)83(14)72(96)100-41-49-32-34-51(35-33-49)78-66(90)52(29-25-37-76-71(73)95)79-68(92)59(42(2)3)80-56(85)31-23-20-24-36-75-67(91)55(40-58(87)98-16)101-48(11)74-12/h19,21-22,27-28,32-35,42-48,52-55,59-64,74,88H,18,20,23-26,29-31,36-41H2,1-17H3,(H,75,91)(H,77,89)(H,78,90)(H,79,92)(H,80,85)(H,81,93)(H3,73,76,95)/t45-,46+,47+,48-,52-,53-,54+,55?,59-,60-,61-,62-,63+,64+/m0/s1. The molecule has 29 heteroatoms. The zero-order valence-electron chi connectivity index (χ0n) is 62.5. The number of aliphatic hydroxyl groups excluding tert-OH is 1. The molecule has 0 radical (unpaired) electrons. The minimum Gasteiger partial charge on any atom is -0.469 e. The number of anilines is 1. The van der Waals surface area contributed by atoms with E-state index in [1.54, 1.807) is 116 Å². The van der Waals surface area contributed by atoms with Gasteiger partial charge >= 0.3 is 18.1 Å². The first-order chi connectivity index (χ1) is 47.8. The third kappa shape index (κ3) is 28.3. The van der Waals surface area contributed by atoms with E-state index in [1.165, 1.54) is 45.0 Å². The summed E-state index contributed by atoms with van der Waals surface area (Å²) in [7, 11) is 9.10. The molecule has 0 spiro atoms. The highest BCUT2D eigenvalue weighted by molar-refractivity contribution is 8.01. The van der Waals surface area contributed by atoms with E-state index in [2.05, 4.69) is 42.5 Å². The van der Waals surface area contributed by atoms with Crippen molar-refractivity contribution in [3.05, 3.63) is 65.7 Å². The fourth-order valence-corrected chi connectivity index (χ4v) is 13.4. The van der Waals surface area contributed by atoms with E-state index in [1.807, 2.05) is 39.0 Å². The smallest absolute Gasteiger partial charge is 0.410 e. The van der Waals surface area contributed by atoms with Crippen LogP contribution in [-0.2, 0) is 68.7 Å². The maximum absolute atomic E-state index is 14.8. The summed E-state index contributed by atoms with van der Waals surface area (Å²) in [5, 5.41) is 32.9. The summed E-state index contributed by atoms with van der Waals surface area (Å²) in [4.78, 5) is 153. The fourth-order valence-electron chi connectivity index (χ4n) is 12.3. The van der Waals surface area contributed by atoms with Gasteiger partial charge in [0.2, 0.25) is 47.3 Å². The number of carbonyl (C=O) groups is 11. The zero-order chi connectivity index (χ0) is 75.8. The quantitative estimate of drug-likeness (QED) is 0.0222. The molecular weight excluding hydrogens is 1320 g/mol. The Kier molecular flexibility index (Phi) is 38.8. The molecule has 0 bridgehead atoms. The summed E-state index contributed by atoms with van der Waals surface area (Å²) in [6, 6.07) is 8.72. The lowest BCUT2D eigenvalue weighted by Crippen LogP contribution is -2.60. The number of nitrogens with zero attached hydrogens (tertiary/aromatic N) is 3. The lowest BCUT2D eigenvalue weighted by Gasteiger charge is -2.41.